The van der Waals surface area contributed by atoms with Gasteiger partial charge in [0, 0.05) is 45.0 Å². The van der Waals surface area contributed by atoms with Crippen molar-refractivity contribution in [3.8, 4) is 0 Å². The molecule has 0 radical (unpaired) electrons. The lowest BCUT2D eigenvalue weighted by Crippen LogP contribution is -2.45. The predicted molar refractivity (Wildman–Crippen MR) is 116 cm³/mol. The van der Waals surface area contributed by atoms with Crippen molar-refractivity contribution in [3.05, 3.63) is 42.1 Å². The number of hydrogen-bond acceptors (Lipinski definition) is 7. The zero-order chi connectivity index (χ0) is 19.9. The van der Waals surface area contributed by atoms with E-state index in [0.29, 0.717) is 11.5 Å². The van der Waals surface area contributed by atoms with Gasteiger partial charge in [0.1, 0.15) is 5.82 Å². The standard InChI is InChI=1S/C19H24N6O2S.ClH/c1-14-13-16(24-11-9-23(3)10-12-24)25-19(21-14)17(18(20-2)22-25)28(26,27)15-7-5-4-6-8-15;/h4-8,13H,9-12H2,1-3H3,(H,20,22);1H. The van der Waals surface area contributed by atoms with Gasteiger partial charge in [0.2, 0.25) is 9.84 Å². The SMILES string of the molecule is CNc1nn2c(N3CCN(C)CC3)cc(C)nc2c1S(=O)(=O)c1ccccc1.Cl. The number of benzene rings is 1. The summed E-state index contributed by atoms with van der Waals surface area (Å²) in [7, 11) is 0.00117. The topological polar surface area (TPSA) is 82.8 Å². The summed E-state index contributed by atoms with van der Waals surface area (Å²) in [6.07, 6.45) is 0. The van der Waals surface area contributed by atoms with E-state index in [0.717, 1.165) is 37.7 Å². The third kappa shape index (κ3) is 3.77. The number of sulfone groups is 1. The summed E-state index contributed by atoms with van der Waals surface area (Å²) >= 11 is 0. The van der Waals surface area contributed by atoms with Gasteiger partial charge in [0.05, 0.1) is 4.90 Å². The van der Waals surface area contributed by atoms with Crippen LogP contribution >= 0.6 is 12.4 Å². The smallest absolute Gasteiger partial charge is 0.214 e. The number of rotatable bonds is 4. The Kier molecular flexibility index (Phi) is 6.02. The number of nitrogens with zero attached hydrogens (tertiary/aromatic N) is 5. The summed E-state index contributed by atoms with van der Waals surface area (Å²) in [4.78, 5) is 9.39. The molecule has 3 aromatic rings. The van der Waals surface area contributed by atoms with Crippen LogP contribution in [0.1, 0.15) is 5.69 Å². The lowest BCUT2D eigenvalue weighted by Gasteiger charge is -2.34. The van der Waals surface area contributed by atoms with Crippen molar-refractivity contribution in [2.45, 2.75) is 16.7 Å². The fourth-order valence-corrected chi connectivity index (χ4v) is 5.01. The average Bonchev–Trinajstić information content (AvgIpc) is 3.08. The Labute approximate surface area is 176 Å². The van der Waals surface area contributed by atoms with Crippen molar-refractivity contribution < 1.29 is 8.42 Å². The molecule has 156 valence electrons. The number of halogens is 1. The molecule has 1 N–H and O–H groups in total. The molecular formula is C19H25ClN6O2S. The number of likely N-dealkylation sites (N-methyl/N-ethyl adjacent to an activating group) is 1. The van der Waals surface area contributed by atoms with Crippen LogP contribution in [0.15, 0.2) is 46.2 Å². The second-order valence-electron chi connectivity index (χ2n) is 7.03. The first-order chi connectivity index (χ1) is 13.4. The summed E-state index contributed by atoms with van der Waals surface area (Å²) in [6, 6.07) is 10.4. The minimum Gasteiger partial charge on any atom is -0.370 e. The van der Waals surface area contributed by atoms with Crippen LogP contribution in [0.5, 0.6) is 0 Å². The maximum absolute atomic E-state index is 13.4. The van der Waals surface area contributed by atoms with Crippen LogP contribution in [0, 0.1) is 6.92 Å². The van der Waals surface area contributed by atoms with Crippen LogP contribution in [0.2, 0.25) is 0 Å². The van der Waals surface area contributed by atoms with Gasteiger partial charge in [-0.2, -0.15) is 4.52 Å². The lowest BCUT2D eigenvalue weighted by atomic mass is 10.3. The summed E-state index contributed by atoms with van der Waals surface area (Å²) < 4.78 is 28.4. The number of aromatic nitrogens is 3. The van der Waals surface area contributed by atoms with E-state index in [9.17, 15) is 8.42 Å². The maximum atomic E-state index is 13.4. The first-order valence-electron chi connectivity index (χ1n) is 9.23. The minimum atomic E-state index is -3.77. The molecule has 4 rings (SSSR count). The van der Waals surface area contributed by atoms with Gasteiger partial charge in [-0.3, -0.25) is 0 Å². The van der Waals surface area contributed by atoms with E-state index >= 15 is 0 Å². The van der Waals surface area contributed by atoms with Crippen molar-refractivity contribution in [2.24, 2.45) is 0 Å². The average molecular weight is 437 g/mol. The first-order valence-corrected chi connectivity index (χ1v) is 10.7. The largest absolute Gasteiger partial charge is 0.370 e. The van der Waals surface area contributed by atoms with Crippen LogP contribution in [-0.4, -0.2) is 68.2 Å². The predicted octanol–water partition coefficient (Wildman–Crippen LogP) is 2.09. The van der Waals surface area contributed by atoms with Gasteiger partial charge in [-0.05, 0) is 26.1 Å². The molecule has 1 aromatic carbocycles. The molecular weight excluding hydrogens is 412 g/mol. The summed E-state index contributed by atoms with van der Waals surface area (Å²) in [5.74, 6) is 1.17. The first kappa shape index (κ1) is 21.4. The fourth-order valence-electron chi connectivity index (χ4n) is 3.49. The van der Waals surface area contributed by atoms with Gasteiger partial charge in [-0.1, -0.05) is 18.2 Å². The van der Waals surface area contributed by atoms with Gasteiger partial charge >= 0.3 is 0 Å². The quantitative estimate of drug-likeness (QED) is 0.670. The van der Waals surface area contributed by atoms with E-state index in [4.69, 9.17) is 0 Å². The summed E-state index contributed by atoms with van der Waals surface area (Å²) in [5.41, 5.74) is 1.11. The third-order valence-electron chi connectivity index (χ3n) is 5.04. The minimum absolute atomic E-state index is 0. The molecule has 1 aliphatic heterocycles. The molecule has 2 aromatic heterocycles. The van der Waals surface area contributed by atoms with Crippen molar-refractivity contribution in [3.63, 3.8) is 0 Å². The molecule has 0 amide bonds. The van der Waals surface area contributed by atoms with Gasteiger partial charge in [0.15, 0.2) is 16.4 Å². The number of hydrogen-bond donors (Lipinski definition) is 1. The molecule has 1 aliphatic rings. The Hall–Kier alpha value is -2.36. The Balaban J connectivity index is 0.00000240. The molecule has 1 fully saturated rings. The molecule has 1 saturated heterocycles. The Morgan fingerprint density at radius 2 is 1.72 bits per heavy atom. The van der Waals surface area contributed by atoms with E-state index in [1.165, 1.54) is 0 Å². The normalized spacial score (nSPS) is 15.3. The van der Waals surface area contributed by atoms with Crippen LogP contribution < -0.4 is 10.2 Å². The van der Waals surface area contributed by atoms with Crippen molar-refractivity contribution in [2.75, 3.05) is 50.5 Å². The monoisotopic (exact) mass is 436 g/mol. The maximum Gasteiger partial charge on any atom is 0.214 e. The second-order valence-corrected chi connectivity index (χ2v) is 8.91. The lowest BCUT2D eigenvalue weighted by molar-refractivity contribution is 0.311. The molecule has 0 atom stereocenters. The number of piperazine rings is 1. The molecule has 0 bridgehead atoms. The van der Waals surface area contributed by atoms with Crippen molar-refractivity contribution in [1.29, 1.82) is 0 Å². The highest BCUT2D eigenvalue weighted by molar-refractivity contribution is 7.91. The molecule has 0 saturated carbocycles. The van der Waals surface area contributed by atoms with Crippen molar-refractivity contribution >= 4 is 39.5 Å². The van der Waals surface area contributed by atoms with Gasteiger partial charge in [-0.25, -0.2) is 13.4 Å². The molecule has 0 unspecified atom stereocenters. The van der Waals surface area contributed by atoms with E-state index in [-0.39, 0.29) is 22.2 Å². The molecule has 29 heavy (non-hydrogen) atoms. The van der Waals surface area contributed by atoms with E-state index in [2.05, 4.69) is 32.2 Å². The van der Waals surface area contributed by atoms with E-state index in [1.807, 2.05) is 13.0 Å². The number of aryl methyl sites for hydroxylation is 1. The van der Waals surface area contributed by atoms with E-state index in [1.54, 1.807) is 41.9 Å². The molecule has 0 aliphatic carbocycles. The van der Waals surface area contributed by atoms with Crippen molar-refractivity contribution in [1.82, 2.24) is 19.5 Å². The van der Waals surface area contributed by atoms with Crippen LogP contribution in [0.4, 0.5) is 11.6 Å². The third-order valence-corrected chi connectivity index (χ3v) is 6.85. The number of nitrogens with one attached hydrogen (secondary N) is 1. The molecule has 10 heteroatoms. The Bertz CT molecular complexity index is 1110. The summed E-state index contributed by atoms with van der Waals surface area (Å²) in [6.45, 7) is 5.47. The van der Waals surface area contributed by atoms with Crippen LogP contribution in [-0.2, 0) is 9.84 Å². The highest BCUT2D eigenvalue weighted by Crippen LogP contribution is 2.32. The van der Waals surface area contributed by atoms with E-state index < -0.39 is 9.84 Å². The number of fused-ring (bicyclic) bond motifs is 1. The summed E-state index contributed by atoms with van der Waals surface area (Å²) in [5, 5.41) is 7.51. The highest BCUT2D eigenvalue weighted by atomic mass is 35.5. The highest BCUT2D eigenvalue weighted by Gasteiger charge is 2.30. The van der Waals surface area contributed by atoms with Gasteiger partial charge < -0.3 is 15.1 Å². The number of anilines is 2. The van der Waals surface area contributed by atoms with Gasteiger partial charge in [-0.15, -0.1) is 17.5 Å². The zero-order valence-electron chi connectivity index (χ0n) is 16.7. The second kappa shape index (κ2) is 8.17. The Morgan fingerprint density at radius 3 is 2.34 bits per heavy atom. The Morgan fingerprint density at radius 1 is 1.07 bits per heavy atom. The zero-order valence-corrected chi connectivity index (χ0v) is 18.3. The molecule has 8 nitrogen and oxygen atoms in total. The van der Waals surface area contributed by atoms with Gasteiger partial charge in [0.25, 0.3) is 0 Å². The fraction of sp³-hybridized carbons (Fsp3) is 0.368. The molecule has 0 spiro atoms. The van der Waals surface area contributed by atoms with Crippen LogP contribution in [0.3, 0.4) is 0 Å². The molecule has 3 heterocycles. The van der Waals surface area contributed by atoms with Crippen LogP contribution in [0.25, 0.3) is 5.65 Å².